The Morgan fingerprint density at radius 3 is 2.07 bits per heavy atom. The third-order valence-corrected chi connectivity index (χ3v) is 7.09. The van der Waals surface area contributed by atoms with E-state index < -0.39 is 0 Å². The summed E-state index contributed by atoms with van der Waals surface area (Å²) in [4.78, 5) is 29.0. The Morgan fingerprint density at radius 2 is 1.53 bits per heavy atom. The Labute approximate surface area is 183 Å². The molecule has 0 aromatic heterocycles. The Bertz CT molecular complexity index is 929. The predicted octanol–water partition coefficient (Wildman–Crippen LogP) is 5.23. The fourth-order valence-corrected chi connectivity index (χ4v) is 5.19. The van der Waals surface area contributed by atoms with Crippen molar-refractivity contribution in [2.45, 2.75) is 45.7 Å². The summed E-state index contributed by atoms with van der Waals surface area (Å²) in [6, 6.07) is 16.1. The Morgan fingerprint density at radius 1 is 0.967 bits per heavy atom. The molecule has 0 aliphatic carbocycles. The lowest BCUT2D eigenvalue weighted by Gasteiger charge is -2.62. The van der Waals surface area contributed by atoms with Crippen molar-refractivity contribution >= 4 is 23.3 Å². The lowest BCUT2D eigenvalue weighted by atomic mass is 9.62. The van der Waals surface area contributed by atoms with Crippen molar-refractivity contribution in [3.8, 4) is 0 Å². The van der Waals surface area contributed by atoms with Crippen LogP contribution in [0, 0.1) is 5.41 Å². The monoisotopic (exact) mass is 424 g/mol. The van der Waals surface area contributed by atoms with Gasteiger partial charge in [0.2, 0.25) is 0 Å². The average Bonchev–Trinajstić information content (AvgIpc) is 2.73. The fourth-order valence-electron chi connectivity index (χ4n) is 5.07. The molecule has 0 bridgehead atoms. The second kappa shape index (κ2) is 8.16. The van der Waals surface area contributed by atoms with Crippen LogP contribution in [-0.2, 0) is 0 Å². The van der Waals surface area contributed by atoms with Crippen LogP contribution in [0.4, 0.5) is 0 Å². The lowest BCUT2D eigenvalue weighted by Crippen LogP contribution is -2.64. The van der Waals surface area contributed by atoms with E-state index in [-0.39, 0.29) is 17.1 Å². The number of Topliss-reactive ketones (excluding diaryl/α,β-unsaturated/α-hetero) is 1. The van der Waals surface area contributed by atoms with E-state index in [1.807, 2.05) is 17.0 Å². The van der Waals surface area contributed by atoms with Crippen molar-refractivity contribution in [1.82, 2.24) is 9.80 Å². The van der Waals surface area contributed by atoms with Crippen LogP contribution in [-0.4, -0.2) is 47.2 Å². The highest BCUT2D eigenvalue weighted by atomic mass is 35.5. The molecule has 2 fully saturated rings. The van der Waals surface area contributed by atoms with E-state index in [4.69, 9.17) is 11.6 Å². The molecule has 2 aliphatic heterocycles. The molecule has 1 spiro atoms. The van der Waals surface area contributed by atoms with Gasteiger partial charge in [-0.25, -0.2) is 0 Å². The minimum Gasteiger partial charge on any atom is -0.339 e. The molecular formula is C25H29ClN2O2. The molecule has 1 amide bonds. The van der Waals surface area contributed by atoms with Crippen LogP contribution < -0.4 is 0 Å². The van der Waals surface area contributed by atoms with E-state index >= 15 is 0 Å². The van der Waals surface area contributed by atoms with Gasteiger partial charge in [-0.1, -0.05) is 35.9 Å². The molecule has 2 aliphatic rings. The number of carbonyl (C=O) groups is 2. The van der Waals surface area contributed by atoms with Crippen LogP contribution in [0.1, 0.15) is 65.9 Å². The van der Waals surface area contributed by atoms with E-state index in [9.17, 15) is 9.59 Å². The van der Waals surface area contributed by atoms with Gasteiger partial charge in [0.25, 0.3) is 5.91 Å². The van der Waals surface area contributed by atoms with E-state index in [1.165, 1.54) is 12.5 Å². The number of likely N-dealkylation sites (tertiary alicyclic amines) is 2. The summed E-state index contributed by atoms with van der Waals surface area (Å²) in [7, 11) is 0. The maximum Gasteiger partial charge on any atom is 0.253 e. The number of halogens is 1. The van der Waals surface area contributed by atoms with Crippen molar-refractivity contribution in [1.29, 1.82) is 0 Å². The van der Waals surface area contributed by atoms with Gasteiger partial charge in [-0.3, -0.25) is 14.5 Å². The first kappa shape index (κ1) is 21.1. The summed E-state index contributed by atoms with van der Waals surface area (Å²) in [6.07, 6.45) is 2.00. The molecule has 1 atom stereocenters. The van der Waals surface area contributed by atoms with Crippen LogP contribution in [0.2, 0.25) is 5.02 Å². The Balaban J connectivity index is 1.47. The molecule has 2 heterocycles. The highest BCUT2D eigenvalue weighted by molar-refractivity contribution is 6.30. The van der Waals surface area contributed by atoms with Crippen molar-refractivity contribution in [3.05, 3.63) is 70.2 Å². The molecule has 0 saturated carbocycles. The van der Waals surface area contributed by atoms with E-state index in [1.54, 1.807) is 24.3 Å². The maximum atomic E-state index is 13.0. The third-order valence-electron chi connectivity index (χ3n) is 6.84. The SMILES string of the molecule is CC(=O)c1ccc(C(=O)N2CCC3(CC2)CN(C(C)C)C3c2ccc(Cl)cc2)cc1. The maximum absolute atomic E-state index is 13.0. The molecule has 1 unspecified atom stereocenters. The largest absolute Gasteiger partial charge is 0.339 e. The topological polar surface area (TPSA) is 40.6 Å². The first-order valence-electron chi connectivity index (χ1n) is 10.7. The number of amides is 1. The van der Waals surface area contributed by atoms with E-state index in [0.717, 1.165) is 37.5 Å². The van der Waals surface area contributed by atoms with E-state index in [2.05, 4.69) is 30.9 Å². The van der Waals surface area contributed by atoms with Crippen LogP contribution in [0.25, 0.3) is 0 Å². The number of carbonyl (C=O) groups excluding carboxylic acids is 2. The number of rotatable bonds is 4. The van der Waals surface area contributed by atoms with Gasteiger partial charge in [-0.2, -0.15) is 0 Å². The molecule has 0 radical (unpaired) electrons. The molecule has 2 saturated heterocycles. The molecule has 4 nitrogen and oxygen atoms in total. The zero-order valence-corrected chi connectivity index (χ0v) is 18.7. The Kier molecular flexibility index (Phi) is 5.73. The quantitative estimate of drug-likeness (QED) is 0.631. The zero-order valence-electron chi connectivity index (χ0n) is 17.9. The smallest absolute Gasteiger partial charge is 0.253 e. The number of benzene rings is 2. The number of nitrogens with zero attached hydrogens (tertiary/aromatic N) is 2. The second-order valence-electron chi connectivity index (χ2n) is 9.01. The fraction of sp³-hybridized carbons (Fsp3) is 0.440. The van der Waals surface area contributed by atoms with Crippen LogP contribution in [0.15, 0.2) is 48.5 Å². The van der Waals surface area contributed by atoms with Gasteiger partial charge in [0, 0.05) is 53.3 Å². The van der Waals surface area contributed by atoms with Crippen molar-refractivity contribution in [3.63, 3.8) is 0 Å². The second-order valence-corrected chi connectivity index (χ2v) is 9.44. The van der Waals surface area contributed by atoms with Gasteiger partial charge in [0.15, 0.2) is 5.78 Å². The van der Waals surface area contributed by atoms with Crippen molar-refractivity contribution in [2.24, 2.45) is 5.41 Å². The van der Waals surface area contributed by atoms with Crippen LogP contribution in [0.3, 0.4) is 0 Å². The molecule has 0 N–H and O–H groups in total. The van der Waals surface area contributed by atoms with Crippen LogP contribution >= 0.6 is 11.6 Å². The normalized spacial score (nSPS) is 21.0. The predicted molar refractivity (Wildman–Crippen MR) is 120 cm³/mol. The van der Waals surface area contributed by atoms with Gasteiger partial charge in [-0.15, -0.1) is 0 Å². The summed E-state index contributed by atoms with van der Waals surface area (Å²) in [5.41, 5.74) is 2.83. The molecule has 2 aromatic rings. The first-order valence-corrected chi connectivity index (χ1v) is 11.1. The number of hydrogen-bond acceptors (Lipinski definition) is 3. The summed E-state index contributed by atoms with van der Waals surface area (Å²) >= 11 is 6.12. The summed E-state index contributed by atoms with van der Waals surface area (Å²) < 4.78 is 0. The van der Waals surface area contributed by atoms with Crippen LogP contribution in [0.5, 0.6) is 0 Å². The molecule has 30 heavy (non-hydrogen) atoms. The first-order chi connectivity index (χ1) is 14.3. The van der Waals surface area contributed by atoms with Gasteiger partial charge in [0.1, 0.15) is 0 Å². The Hall–Kier alpha value is -2.17. The third kappa shape index (κ3) is 3.79. The minimum absolute atomic E-state index is 0.0156. The number of hydrogen-bond donors (Lipinski definition) is 0. The molecule has 2 aromatic carbocycles. The lowest BCUT2D eigenvalue weighted by molar-refractivity contribution is -0.124. The van der Waals surface area contributed by atoms with Gasteiger partial charge >= 0.3 is 0 Å². The highest BCUT2D eigenvalue weighted by Crippen LogP contribution is 2.55. The standard InChI is InChI=1S/C25H29ClN2O2/c1-17(2)28-16-25(23(28)20-8-10-22(26)11-9-20)12-14-27(15-13-25)24(30)21-6-4-19(5-7-21)18(3)29/h4-11,17,23H,12-16H2,1-3H3. The molecule has 4 rings (SSSR count). The highest BCUT2D eigenvalue weighted by Gasteiger charge is 2.54. The molecule has 5 heteroatoms. The van der Waals surface area contributed by atoms with E-state index in [0.29, 0.717) is 23.2 Å². The summed E-state index contributed by atoms with van der Waals surface area (Å²) in [5.74, 6) is 0.0740. The van der Waals surface area contributed by atoms with Crippen molar-refractivity contribution in [2.75, 3.05) is 19.6 Å². The molecular weight excluding hydrogens is 396 g/mol. The molecule has 158 valence electrons. The summed E-state index contributed by atoms with van der Waals surface area (Å²) in [6.45, 7) is 8.65. The van der Waals surface area contributed by atoms with Gasteiger partial charge < -0.3 is 4.90 Å². The zero-order chi connectivity index (χ0) is 21.5. The minimum atomic E-state index is 0.0156. The summed E-state index contributed by atoms with van der Waals surface area (Å²) in [5, 5.41) is 0.763. The van der Waals surface area contributed by atoms with Crippen molar-refractivity contribution < 1.29 is 9.59 Å². The van der Waals surface area contributed by atoms with Gasteiger partial charge in [-0.05, 0) is 63.4 Å². The number of ketones is 1. The average molecular weight is 425 g/mol. The number of piperidine rings is 1. The van der Waals surface area contributed by atoms with Gasteiger partial charge in [0.05, 0.1) is 0 Å².